The van der Waals surface area contributed by atoms with Gasteiger partial charge in [-0.3, -0.25) is 9.79 Å². The van der Waals surface area contributed by atoms with Crippen molar-refractivity contribution in [2.75, 3.05) is 6.54 Å². The van der Waals surface area contributed by atoms with Gasteiger partial charge in [0.1, 0.15) is 0 Å². The molecule has 1 amide bonds. The minimum absolute atomic E-state index is 0.220. The molecular formula is C22H23BrF3N3O. The van der Waals surface area contributed by atoms with Crippen molar-refractivity contribution in [3.8, 4) is 0 Å². The Morgan fingerprint density at radius 3 is 2.70 bits per heavy atom. The highest BCUT2D eigenvalue weighted by molar-refractivity contribution is 9.11. The zero-order chi connectivity index (χ0) is 22.1. The molecule has 1 aromatic rings. The van der Waals surface area contributed by atoms with Crippen LogP contribution in [-0.4, -0.2) is 29.2 Å². The number of amides is 1. The largest absolute Gasteiger partial charge is 0.390 e. The molecule has 2 aliphatic rings. The summed E-state index contributed by atoms with van der Waals surface area (Å²) in [5.74, 6) is -0.264. The highest BCUT2D eigenvalue weighted by Crippen LogP contribution is 2.37. The number of alkyl halides is 3. The molecule has 0 fully saturated rings. The third-order valence-corrected chi connectivity index (χ3v) is 5.52. The van der Waals surface area contributed by atoms with Crippen LogP contribution in [-0.2, 0) is 0 Å². The van der Waals surface area contributed by atoms with Gasteiger partial charge in [-0.1, -0.05) is 41.1 Å². The minimum Gasteiger partial charge on any atom is -0.366 e. The molecule has 0 saturated carbocycles. The zero-order valence-electron chi connectivity index (χ0n) is 16.8. The van der Waals surface area contributed by atoms with Crippen LogP contribution in [0.1, 0.15) is 47.7 Å². The predicted octanol–water partition coefficient (Wildman–Crippen LogP) is 5.69. The zero-order valence-corrected chi connectivity index (χ0v) is 18.3. The van der Waals surface area contributed by atoms with E-state index in [2.05, 4.69) is 33.9 Å². The highest BCUT2D eigenvalue weighted by atomic mass is 79.9. The second-order valence-corrected chi connectivity index (χ2v) is 8.58. The van der Waals surface area contributed by atoms with Crippen LogP contribution in [0, 0.1) is 12.8 Å². The summed E-state index contributed by atoms with van der Waals surface area (Å²) < 4.78 is 38.6. The number of carbonyl (C=O) groups is 1. The van der Waals surface area contributed by atoms with E-state index in [1.807, 2.05) is 36.2 Å². The van der Waals surface area contributed by atoms with E-state index in [-0.39, 0.29) is 12.5 Å². The number of fused-ring (bicyclic) bond motifs is 1. The average Bonchev–Trinajstić information content (AvgIpc) is 2.79. The number of aryl methyl sites for hydroxylation is 1. The van der Waals surface area contributed by atoms with Crippen LogP contribution in [0.4, 0.5) is 13.2 Å². The smallest absolute Gasteiger partial charge is 0.366 e. The van der Waals surface area contributed by atoms with Gasteiger partial charge in [-0.15, -0.1) is 0 Å². The number of nitrogens with two attached hydrogens (primary N) is 1. The van der Waals surface area contributed by atoms with Crippen molar-refractivity contribution in [2.24, 2.45) is 16.6 Å². The fourth-order valence-corrected chi connectivity index (χ4v) is 4.04. The summed E-state index contributed by atoms with van der Waals surface area (Å²) in [6, 6.07) is 5.44. The van der Waals surface area contributed by atoms with E-state index in [9.17, 15) is 18.0 Å². The van der Waals surface area contributed by atoms with E-state index in [4.69, 9.17) is 5.73 Å². The lowest BCUT2D eigenvalue weighted by molar-refractivity contribution is -0.132. The lowest BCUT2D eigenvalue weighted by Gasteiger charge is -2.31. The van der Waals surface area contributed by atoms with E-state index >= 15 is 0 Å². The Bertz CT molecular complexity index is 976. The van der Waals surface area contributed by atoms with Crippen molar-refractivity contribution in [1.82, 2.24) is 4.90 Å². The number of hydrogen-bond acceptors (Lipinski definition) is 3. The van der Waals surface area contributed by atoms with Gasteiger partial charge >= 0.3 is 6.18 Å². The first-order chi connectivity index (χ1) is 14.0. The Morgan fingerprint density at radius 1 is 1.33 bits per heavy atom. The van der Waals surface area contributed by atoms with Gasteiger partial charge in [-0.25, -0.2) is 0 Å². The van der Waals surface area contributed by atoms with E-state index in [1.165, 1.54) is 0 Å². The minimum atomic E-state index is -4.23. The molecule has 2 N–H and O–H groups in total. The summed E-state index contributed by atoms with van der Waals surface area (Å²) in [7, 11) is 0. The fourth-order valence-electron chi connectivity index (χ4n) is 3.56. The number of hydrogen-bond donors (Lipinski definition) is 1. The number of primary amides is 1. The summed E-state index contributed by atoms with van der Waals surface area (Å²) >= 11 is 3.51. The first-order valence-corrected chi connectivity index (χ1v) is 10.4. The van der Waals surface area contributed by atoms with Gasteiger partial charge < -0.3 is 10.6 Å². The predicted molar refractivity (Wildman–Crippen MR) is 116 cm³/mol. The van der Waals surface area contributed by atoms with Crippen LogP contribution in [0.2, 0.25) is 0 Å². The monoisotopic (exact) mass is 481 g/mol. The van der Waals surface area contributed by atoms with Crippen molar-refractivity contribution < 1.29 is 18.0 Å². The van der Waals surface area contributed by atoms with Gasteiger partial charge in [0.15, 0.2) is 0 Å². The topological polar surface area (TPSA) is 58.7 Å². The van der Waals surface area contributed by atoms with Gasteiger partial charge in [0, 0.05) is 34.9 Å². The molecule has 0 aromatic heterocycles. The first kappa shape index (κ1) is 22.3. The Labute approximate surface area is 182 Å². The summed E-state index contributed by atoms with van der Waals surface area (Å²) in [5, 5.41) is 0. The maximum Gasteiger partial charge on any atom is 0.390 e. The molecule has 1 aromatic carbocycles. The Kier molecular flexibility index (Phi) is 6.55. The molecule has 0 saturated heterocycles. The van der Waals surface area contributed by atoms with Crippen LogP contribution in [0.15, 0.2) is 51.7 Å². The van der Waals surface area contributed by atoms with Crippen LogP contribution >= 0.6 is 15.9 Å². The van der Waals surface area contributed by atoms with E-state index in [0.29, 0.717) is 17.7 Å². The lowest BCUT2D eigenvalue weighted by Crippen LogP contribution is -2.26. The number of nitrogens with zero attached hydrogens (tertiary/aromatic N) is 2. The summed E-state index contributed by atoms with van der Waals surface area (Å²) in [6.45, 7) is 3.61. The van der Waals surface area contributed by atoms with Crippen LogP contribution in [0.25, 0.3) is 5.70 Å². The lowest BCUT2D eigenvalue weighted by atomic mass is 9.99. The van der Waals surface area contributed by atoms with Crippen molar-refractivity contribution in [3.05, 3.63) is 63.4 Å². The Morgan fingerprint density at radius 2 is 2.07 bits per heavy atom. The summed E-state index contributed by atoms with van der Waals surface area (Å²) in [6.07, 6.45) is 2.09. The standard InChI is InChI=1S/C22H23BrF3N3O/c1-13-3-6-19-18(28-8-7-22(24,25)26)11-16(23)12-29(19)20(9-13)15-4-5-17(21(27)30)14(2)10-15/h4-6,9-10,12-13H,3,7-8,11H2,1-2H3,(H2,27,30). The van der Waals surface area contributed by atoms with E-state index < -0.39 is 18.5 Å². The molecule has 0 spiro atoms. The van der Waals surface area contributed by atoms with Crippen molar-refractivity contribution in [2.45, 2.75) is 39.3 Å². The number of allylic oxidation sites excluding steroid dienone is 4. The number of carbonyl (C=O) groups excluding carboxylic acids is 1. The average molecular weight is 482 g/mol. The van der Waals surface area contributed by atoms with Crippen LogP contribution < -0.4 is 5.73 Å². The Balaban J connectivity index is 2.01. The van der Waals surface area contributed by atoms with Gasteiger partial charge in [0.25, 0.3) is 0 Å². The highest BCUT2D eigenvalue weighted by Gasteiger charge is 2.29. The number of halogens is 4. The molecule has 2 aliphatic heterocycles. The molecule has 3 rings (SSSR count). The van der Waals surface area contributed by atoms with Gasteiger partial charge in [0.2, 0.25) is 5.91 Å². The molecule has 160 valence electrons. The maximum absolute atomic E-state index is 12.6. The number of aliphatic imine (C=N–C) groups is 1. The van der Waals surface area contributed by atoms with E-state index in [0.717, 1.165) is 33.4 Å². The quantitative estimate of drug-likeness (QED) is 0.599. The van der Waals surface area contributed by atoms with Crippen molar-refractivity contribution in [3.63, 3.8) is 0 Å². The molecule has 4 nitrogen and oxygen atoms in total. The summed E-state index contributed by atoms with van der Waals surface area (Å²) in [4.78, 5) is 17.8. The molecule has 1 atom stereocenters. The molecule has 30 heavy (non-hydrogen) atoms. The maximum atomic E-state index is 12.6. The third kappa shape index (κ3) is 5.22. The fraction of sp³-hybridized carbons (Fsp3) is 0.364. The second kappa shape index (κ2) is 8.79. The summed E-state index contributed by atoms with van der Waals surface area (Å²) in [5.41, 5.74) is 9.86. The SMILES string of the molecule is Cc1cc(C2=CC(C)CC=C3C(=NCCC(F)(F)F)CC(Br)=CN32)ccc1C(N)=O. The molecule has 0 aliphatic carbocycles. The van der Waals surface area contributed by atoms with Crippen LogP contribution in [0.5, 0.6) is 0 Å². The van der Waals surface area contributed by atoms with Gasteiger partial charge in [-0.05, 0) is 42.5 Å². The Hall–Kier alpha value is -2.35. The molecule has 2 heterocycles. The normalized spacial score (nSPS) is 20.9. The third-order valence-electron chi connectivity index (χ3n) is 5.03. The second-order valence-electron chi connectivity index (χ2n) is 7.56. The number of rotatable bonds is 4. The molecular weight excluding hydrogens is 459 g/mol. The van der Waals surface area contributed by atoms with Crippen molar-refractivity contribution >= 4 is 33.2 Å². The van der Waals surface area contributed by atoms with Crippen molar-refractivity contribution in [1.29, 1.82) is 0 Å². The van der Waals surface area contributed by atoms with Gasteiger partial charge in [0.05, 0.1) is 17.8 Å². The molecule has 0 radical (unpaired) electrons. The molecule has 1 unspecified atom stereocenters. The first-order valence-electron chi connectivity index (χ1n) is 9.64. The molecule has 0 bridgehead atoms. The van der Waals surface area contributed by atoms with Gasteiger partial charge in [-0.2, -0.15) is 13.2 Å². The molecule has 8 heteroatoms. The number of benzene rings is 1. The van der Waals surface area contributed by atoms with E-state index in [1.54, 1.807) is 6.07 Å². The van der Waals surface area contributed by atoms with Crippen LogP contribution in [0.3, 0.4) is 0 Å².